The fraction of sp³-hybridized carbons (Fsp3) is 0.500. The zero-order valence-corrected chi connectivity index (χ0v) is 28.0. The van der Waals surface area contributed by atoms with Gasteiger partial charge in [0.2, 0.25) is 0 Å². The van der Waals surface area contributed by atoms with Gasteiger partial charge in [-0.25, -0.2) is 0 Å². The van der Waals surface area contributed by atoms with Crippen LogP contribution in [0.5, 0.6) is 0 Å². The molecule has 0 aliphatic carbocycles. The highest BCUT2D eigenvalue weighted by Crippen LogP contribution is 2.26. The lowest BCUT2D eigenvalue weighted by atomic mass is 9.91. The molecule has 0 aliphatic rings. The zero-order valence-electron chi connectivity index (χ0n) is 28.0. The van der Waals surface area contributed by atoms with Crippen molar-refractivity contribution >= 4 is 34.4 Å². The first-order chi connectivity index (χ1) is 21.9. The summed E-state index contributed by atoms with van der Waals surface area (Å²) in [5.41, 5.74) is 3.74. The predicted octanol–water partition coefficient (Wildman–Crippen LogP) is 12.2. The third-order valence-electron chi connectivity index (χ3n) is 8.20. The summed E-state index contributed by atoms with van der Waals surface area (Å²) in [6.07, 6.45) is 13.8. The van der Waals surface area contributed by atoms with Crippen LogP contribution in [0.1, 0.15) is 98.3 Å². The molecule has 0 saturated heterocycles. The zero-order chi connectivity index (χ0) is 32.2. The first-order valence-corrected chi connectivity index (χ1v) is 16.9. The summed E-state index contributed by atoms with van der Waals surface area (Å²) < 4.78 is 5.68. The highest BCUT2D eigenvalue weighted by Gasteiger charge is 2.27. The van der Waals surface area contributed by atoms with Crippen molar-refractivity contribution in [3.63, 3.8) is 0 Å². The van der Waals surface area contributed by atoms with E-state index in [9.17, 15) is 4.79 Å². The van der Waals surface area contributed by atoms with Crippen molar-refractivity contribution in [2.24, 2.45) is 25.9 Å². The maximum atomic E-state index is 12.5. The van der Waals surface area contributed by atoms with Crippen molar-refractivity contribution in [2.45, 2.75) is 98.3 Å². The summed E-state index contributed by atoms with van der Waals surface area (Å²) >= 11 is 0. The fourth-order valence-corrected chi connectivity index (χ4v) is 4.79. The first-order valence-electron chi connectivity index (χ1n) is 16.9. The highest BCUT2D eigenvalue weighted by atomic mass is 16.5. The molecule has 3 rings (SSSR count). The highest BCUT2D eigenvalue weighted by molar-refractivity contribution is 5.75. The van der Waals surface area contributed by atoms with E-state index < -0.39 is 5.41 Å². The summed E-state index contributed by atoms with van der Waals surface area (Å²) in [7, 11) is 0. The minimum absolute atomic E-state index is 0.132. The number of carbonyl (C=O) groups excluding carboxylic acids is 1. The monoisotopic (exact) mass is 611 g/mol. The van der Waals surface area contributed by atoms with Crippen molar-refractivity contribution in [3.05, 3.63) is 78.9 Å². The maximum absolute atomic E-state index is 12.5. The molecule has 0 atom stereocenters. The van der Waals surface area contributed by atoms with Gasteiger partial charge in [0, 0.05) is 12.2 Å². The molecule has 0 bridgehead atoms. The molecule has 242 valence electrons. The average molecular weight is 612 g/mol. The number of carbonyl (C=O) groups is 1. The second-order valence-electron chi connectivity index (χ2n) is 12.3. The largest absolute Gasteiger partial charge is 0.463 e. The quantitative estimate of drug-likeness (QED) is 0.0682. The van der Waals surface area contributed by atoms with E-state index in [1.165, 1.54) is 57.8 Å². The van der Waals surface area contributed by atoms with Gasteiger partial charge in [-0.05, 0) is 87.4 Å². The van der Waals surface area contributed by atoms with E-state index in [4.69, 9.17) is 4.74 Å². The van der Waals surface area contributed by atoms with Gasteiger partial charge in [0.1, 0.15) is 6.61 Å². The van der Waals surface area contributed by atoms with Crippen molar-refractivity contribution in [1.82, 2.24) is 0 Å². The van der Waals surface area contributed by atoms with Crippen molar-refractivity contribution in [1.29, 1.82) is 0 Å². The summed E-state index contributed by atoms with van der Waals surface area (Å²) in [5, 5.41) is 17.4. The van der Waals surface area contributed by atoms with Gasteiger partial charge >= 0.3 is 5.97 Å². The Kier molecular flexibility index (Phi) is 16.0. The van der Waals surface area contributed by atoms with Gasteiger partial charge in [-0.3, -0.25) is 4.79 Å². The number of ether oxygens (including phenoxy) is 1. The molecule has 0 aromatic heterocycles. The van der Waals surface area contributed by atoms with E-state index in [1.807, 2.05) is 87.5 Å². The smallest absolute Gasteiger partial charge is 0.311 e. The van der Waals surface area contributed by atoms with Crippen molar-refractivity contribution in [2.75, 3.05) is 24.6 Å². The Bertz CT molecular complexity index is 1290. The molecule has 0 radical (unpaired) electrons. The van der Waals surface area contributed by atoms with Crippen LogP contribution in [-0.4, -0.2) is 25.7 Å². The maximum Gasteiger partial charge on any atom is 0.311 e. The van der Waals surface area contributed by atoms with Crippen LogP contribution < -0.4 is 4.90 Å². The molecule has 7 nitrogen and oxygen atoms in total. The van der Waals surface area contributed by atoms with Crippen molar-refractivity contribution < 1.29 is 9.53 Å². The molecular formula is C38H53N5O2. The lowest BCUT2D eigenvalue weighted by molar-refractivity contribution is -0.153. The topological polar surface area (TPSA) is 79.0 Å². The minimum atomic E-state index is -0.458. The van der Waals surface area contributed by atoms with E-state index in [2.05, 4.69) is 44.4 Å². The molecule has 0 amide bonds. The van der Waals surface area contributed by atoms with Gasteiger partial charge in [-0.2, -0.15) is 20.5 Å². The molecular weight excluding hydrogens is 558 g/mol. The van der Waals surface area contributed by atoms with E-state index in [-0.39, 0.29) is 5.97 Å². The summed E-state index contributed by atoms with van der Waals surface area (Å²) in [6, 6.07) is 25.3. The Morgan fingerprint density at radius 1 is 0.600 bits per heavy atom. The molecule has 0 aliphatic heterocycles. The third-order valence-corrected chi connectivity index (χ3v) is 8.20. The molecule has 0 spiro atoms. The summed E-state index contributed by atoms with van der Waals surface area (Å²) in [6.45, 7) is 10.1. The van der Waals surface area contributed by atoms with E-state index >= 15 is 0 Å². The lowest BCUT2D eigenvalue weighted by Gasteiger charge is -2.26. The van der Waals surface area contributed by atoms with Crippen molar-refractivity contribution in [3.8, 4) is 0 Å². The summed E-state index contributed by atoms with van der Waals surface area (Å²) in [4.78, 5) is 14.8. The van der Waals surface area contributed by atoms with Gasteiger partial charge in [0.25, 0.3) is 0 Å². The Labute approximate surface area is 271 Å². The molecule has 3 aromatic rings. The molecule has 0 saturated carbocycles. The van der Waals surface area contributed by atoms with Crippen LogP contribution in [0.15, 0.2) is 99.3 Å². The SMILES string of the molecule is CCCCCCCCCCCCN(CCOC(=O)C(C)(C)CC)c1ccc(N=Nc2ccc(N=Nc3ccccc3)cc2)cc1. The molecule has 0 unspecified atom stereocenters. The van der Waals surface area contributed by atoms with Gasteiger partial charge in [-0.15, -0.1) is 0 Å². The van der Waals surface area contributed by atoms with Gasteiger partial charge in [0.15, 0.2) is 0 Å². The number of hydrogen-bond acceptors (Lipinski definition) is 7. The average Bonchev–Trinajstić information content (AvgIpc) is 3.07. The van der Waals surface area contributed by atoms with E-state index in [0.717, 1.165) is 47.8 Å². The summed E-state index contributed by atoms with van der Waals surface area (Å²) in [5.74, 6) is -0.132. The van der Waals surface area contributed by atoms with E-state index in [0.29, 0.717) is 13.2 Å². The van der Waals surface area contributed by atoms with Crippen LogP contribution in [0, 0.1) is 5.41 Å². The second-order valence-corrected chi connectivity index (χ2v) is 12.3. The number of azo groups is 2. The number of unbranched alkanes of at least 4 members (excludes halogenated alkanes) is 9. The number of nitrogens with zero attached hydrogens (tertiary/aromatic N) is 5. The number of benzene rings is 3. The molecule has 7 heteroatoms. The minimum Gasteiger partial charge on any atom is -0.463 e. The third kappa shape index (κ3) is 13.8. The normalized spacial score (nSPS) is 11.8. The molecule has 0 heterocycles. The Morgan fingerprint density at radius 3 is 1.53 bits per heavy atom. The van der Waals surface area contributed by atoms with Crippen LogP contribution in [-0.2, 0) is 9.53 Å². The second kappa shape index (κ2) is 20.2. The number of anilines is 1. The molecule has 0 N–H and O–H groups in total. The fourth-order valence-electron chi connectivity index (χ4n) is 4.79. The van der Waals surface area contributed by atoms with Crippen LogP contribution in [0.2, 0.25) is 0 Å². The van der Waals surface area contributed by atoms with Crippen LogP contribution in [0.3, 0.4) is 0 Å². The number of hydrogen-bond donors (Lipinski definition) is 0. The van der Waals surface area contributed by atoms with Crippen LogP contribution in [0.25, 0.3) is 0 Å². The number of rotatable bonds is 21. The van der Waals surface area contributed by atoms with E-state index in [1.54, 1.807) is 0 Å². The van der Waals surface area contributed by atoms with Crippen LogP contribution >= 0.6 is 0 Å². The Hall–Kier alpha value is -3.87. The molecule has 45 heavy (non-hydrogen) atoms. The predicted molar refractivity (Wildman–Crippen MR) is 187 cm³/mol. The van der Waals surface area contributed by atoms with Gasteiger partial charge in [-0.1, -0.05) is 89.8 Å². The standard InChI is InChI=1S/C38H53N5O2/c1-5-7-8-9-10-11-12-13-14-18-29-43(30-31-45-37(44)38(3,4)6-2)36-27-25-35(26-28-36)42-41-34-23-21-33(22-24-34)40-39-32-19-16-15-17-20-32/h15-17,19-28H,5-14,18,29-31H2,1-4H3. The lowest BCUT2D eigenvalue weighted by Crippen LogP contribution is -2.32. The van der Waals surface area contributed by atoms with Gasteiger partial charge < -0.3 is 9.64 Å². The molecule has 3 aromatic carbocycles. The Balaban J connectivity index is 1.53. The van der Waals surface area contributed by atoms with Gasteiger partial charge in [0.05, 0.1) is 34.7 Å². The van der Waals surface area contributed by atoms with Crippen LogP contribution in [0.4, 0.5) is 28.4 Å². The first kappa shape index (κ1) is 35.6. The Morgan fingerprint density at radius 2 is 1.04 bits per heavy atom. The molecule has 0 fully saturated rings. The number of esters is 1.